The van der Waals surface area contributed by atoms with Gasteiger partial charge in [0, 0.05) is 24.7 Å². The minimum absolute atomic E-state index is 0.137. The molecule has 2 aliphatic rings. The average molecular weight is 367 g/mol. The lowest BCUT2D eigenvalue weighted by Gasteiger charge is -2.52. The van der Waals surface area contributed by atoms with E-state index in [1.165, 1.54) is 22.2 Å². The molecule has 2 unspecified atom stereocenters. The quantitative estimate of drug-likeness (QED) is 0.903. The van der Waals surface area contributed by atoms with Crippen LogP contribution in [-0.4, -0.2) is 37.5 Å². The predicted octanol–water partition coefficient (Wildman–Crippen LogP) is 2.81. The first-order valence-electron chi connectivity index (χ1n) is 10.0. The maximum absolute atomic E-state index is 12.2. The van der Waals surface area contributed by atoms with Gasteiger partial charge in [0.15, 0.2) is 0 Å². The van der Waals surface area contributed by atoms with Crippen molar-refractivity contribution in [2.24, 2.45) is 0 Å². The maximum atomic E-state index is 12.2. The molecule has 2 aromatic rings. The first-order valence-corrected chi connectivity index (χ1v) is 10.0. The summed E-state index contributed by atoms with van der Waals surface area (Å²) in [6, 6.07) is 12.6. The van der Waals surface area contributed by atoms with Crippen LogP contribution in [0.1, 0.15) is 48.9 Å². The smallest absolute Gasteiger partial charge is 0.266 e. The van der Waals surface area contributed by atoms with Gasteiger partial charge in [-0.05, 0) is 56.7 Å². The lowest BCUT2D eigenvalue weighted by Crippen LogP contribution is -2.59. The summed E-state index contributed by atoms with van der Waals surface area (Å²) in [4.78, 5) is 14.7. The molecule has 2 atom stereocenters. The van der Waals surface area contributed by atoms with E-state index in [4.69, 9.17) is 0 Å². The molecule has 0 aliphatic carbocycles. The molecule has 0 radical (unpaired) electrons. The van der Waals surface area contributed by atoms with E-state index in [9.17, 15) is 9.90 Å². The molecule has 4 rings (SSSR count). The molecule has 2 aliphatic heterocycles. The molecular formula is C22H29N3O2. The number of aromatic nitrogens is 2. The summed E-state index contributed by atoms with van der Waals surface area (Å²) in [5.74, 6) is 0. The summed E-state index contributed by atoms with van der Waals surface area (Å²) in [5.41, 5.74) is 2.50. The Morgan fingerprint density at radius 2 is 1.81 bits per heavy atom. The Kier molecular flexibility index (Phi) is 4.91. The fraction of sp³-hybridized carbons (Fsp3) is 0.545. The van der Waals surface area contributed by atoms with Crippen molar-refractivity contribution < 1.29 is 5.11 Å². The summed E-state index contributed by atoms with van der Waals surface area (Å²) in [5, 5.41) is 15.7. The second-order valence-electron chi connectivity index (χ2n) is 8.44. The molecular weight excluding hydrogens is 338 g/mol. The number of piperidine rings is 2. The molecule has 2 saturated heterocycles. The van der Waals surface area contributed by atoms with Crippen LogP contribution in [0.25, 0.3) is 0 Å². The van der Waals surface area contributed by atoms with Gasteiger partial charge in [-0.1, -0.05) is 30.7 Å². The Morgan fingerprint density at radius 3 is 2.52 bits per heavy atom. The maximum Gasteiger partial charge on any atom is 0.266 e. The van der Waals surface area contributed by atoms with Crippen LogP contribution in [0.2, 0.25) is 0 Å². The Hall–Kier alpha value is -1.98. The number of aryl methyl sites for hydroxylation is 2. The molecule has 5 heteroatoms. The largest absolute Gasteiger partial charge is 0.388 e. The molecule has 3 heterocycles. The minimum atomic E-state index is -0.859. The molecule has 5 nitrogen and oxygen atoms in total. The average Bonchev–Trinajstić information content (AvgIpc) is 2.61. The molecule has 1 aromatic carbocycles. The van der Waals surface area contributed by atoms with Gasteiger partial charge in [0.05, 0.1) is 17.8 Å². The zero-order valence-electron chi connectivity index (χ0n) is 16.3. The number of nitrogens with zero attached hydrogens (tertiary/aromatic N) is 3. The lowest BCUT2D eigenvalue weighted by molar-refractivity contribution is -0.105. The highest BCUT2D eigenvalue weighted by Gasteiger charge is 2.45. The summed E-state index contributed by atoms with van der Waals surface area (Å²) in [6.07, 6.45) is 4.86. The Labute approximate surface area is 160 Å². The summed E-state index contributed by atoms with van der Waals surface area (Å²) in [7, 11) is 0. The molecule has 2 fully saturated rings. The van der Waals surface area contributed by atoms with Gasteiger partial charge in [-0.2, -0.15) is 5.10 Å². The van der Waals surface area contributed by atoms with Crippen LogP contribution in [0, 0.1) is 13.8 Å². The van der Waals surface area contributed by atoms with E-state index in [1.54, 1.807) is 12.1 Å². The Balaban J connectivity index is 1.54. The van der Waals surface area contributed by atoms with Gasteiger partial charge in [0.25, 0.3) is 5.56 Å². The van der Waals surface area contributed by atoms with Gasteiger partial charge in [-0.25, -0.2) is 4.68 Å². The van der Waals surface area contributed by atoms with E-state index in [1.807, 2.05) is 6.92 Å². The van der Waals surface area contributed by atoms with Crippen molar-refractivity contribution in [3.8, 4) is 0 Å². The van der Waals surface area contributed by atoms with E-state index in [0.717, 1.165) is 25.1 Å². The van der Waals surface area contributed by atoms with Gasteiger partial charge in [-0.15, -0.1) is 0 Å². The van der Waals surface area contributed by atoms with E-state index in [-0.39, 0.29) is 5.56 Å². The molecule has 144 valence electrons. The molecule has 27 heavy (non-hydrogen) atoms. The van der Waals surface area contributed by atoms with Gasteiger partial charge >= 0.3 is 0 Å². The first-order chi connectivity index (χ1) is 12.9. The minimum Gasteiger partial charge on any atom is -0.388 e. The van der Waals surface area contributed by atoms with Crippen LogP contribution in [0.15, 0.2) is 41.2 Å². The van der Waals surface area contributed by atoms with Crippen LogP contribution >= 0.6 is 0 Å². The van der Waals surface area contributed by atoms with Crippen molar-refractivity contribution in [2.75, 3.05) is 0 Å². The van der Waals surface area contributed by atoms with Gasteiger partial charge in [0.2, 0.25) is 0 Å². The van der Waals surface area contributed by atoms with Crippen LogP contribution in [-0.2, 0) is 13.1 Å². The third kappa shape index (κ3) is 3.85. The summed E-state index contributed by atoms with van der Waals surface area (Å²) >= 11 is 0. The van der Waals surface area contributed by atoms with Crippen molar-refractivity contribution in [2.45, 2.75) is 76.7 Å². The fourth-order valence-electron chi connectivity index (χ4n) is 4.93. The summed E-state index contributed by atoms with van der Waals surface area (Å²) in [6.45, 7) is 5.28. The zero-order valence-corrected chi connectivity index (χ0v) is 16.3. The number of fused-ring (bicyclic) bond motifs is 2. The number of hydrogen-bond acceptors (Lipinski definition) is 4. The number of benzene rings is 1. The number of rotatable bonds is 4. The Morgan fingerprint density at radius 1 is 1.11 bits per heavy atom. The zero-order chi connectivity index (χ0) is 19.0. The van der Waals surface area contributed by atoms with Crippen LogP contribution < -0.4 is 5.56 Å². The highest BCUT2D eigenvalue weighted by atomic mass is 16.3. The van der Waals surface area contributed by atoms with Crippen LogP contribution in [0.5, 0.6) is 0 Å². The third-order valence-electron chi connectivity index (χ3n) is 6.30. The molecule has 1 aromatic heterocycles. The fourth-order valence-corrected chi connectivity index (χ4v) is 4.93. The second-order valence-corrected chi connectivity index (χ2v) is 8.44. The summed E-state index contributed by atoms with van der Waals surface area (Å²) < 4.78 is 1.45. The first kappa shape index (κ1) is 18.4. The molecule has 2 bridgehead atoms. The lowest BCUT2D eigenvalue weighted by atomic mass is 9.75. The van der Waals surface area contributed by atoms with Crippen molar-refractivity contribution >= 4 is 0 Å². The van der Waals surface area contributed by atoms with Crippen molar-refractivity contribution in [3.05, 3.63) is 63.6 Å². The normalized spacial score (nSPS) is 28.3. The van der Waals surface area contributed by atoms with E-state index in [2.05, 4.69) is 41.2 Å². The SMILES string of the molecule is Cc1ccc(=O)n(CC2(O)CC3CCCC(C2)N3Cc2ccccc2C)n1. The highest BCUT2D eigenvalue weighted by molar-refractivity contribution is 5.26. The second kappa shape index (κ2) is 7.21. The predicted molar refractivity (Wildman–Crippen MR) is 106 cm³/mol. The van der Waals surface area contributed by atoms with E-state index < -0.39 is 5.60 Å². The van der Waals surface area contributed by atoms with Crippen molar-refractivity contribution in [1.29, 1.82) is 0 Å². The highest BCUT2D eigenvalue weighted by Crippen LogP contribution is 2.40. The standard InChI is InChI=1S/C22H29N3O2/c1-16-6-3-4-7-18(16)14-24-19-8-5-9-20(24)13-22(27,12-19)15-25-21(26)11-10-17(2)23-25/h3-4,6-7,10-11,19-20,27H,5,8-9,12-15H2,1-2H3. The van der Waals surface area contributed by atoms with Crippen LogP contribution in [0.3, 0.4) is 0 Å². The van der Waals surface area contributed by atoms with E-state index >= 15 is 0 Å². The van der Waals surface area contributed by atoms with Gasteiger partial charge in [-0.3, -0.25) is 9.69 Å². The molecule has 1 N–H and O–H groups in total. The molecule has 0 saturated carbocycles. The number of aliphatic hydroxyl groups is 1. The third-order valence-corrected chi connectivity index (χ3v) is 6.30. The monoisotopic (exact) mass is 367 g/mol. The van der Waals surface area contributed by atoms with Crippen LogP contribution in [0.4, 0.5) is 0 Å². The van der Waals surface area contributed by atoms with Crippen molar-refractivity contribution in [1.82, 2.24) is 14.7 Å². The van der Waals surface area contributed by atoms with Gasteiger partial charge in [0.1, 0.15) is 0 Å². The topological polar surface area (TPSA) is 58.4 Å². The molecule has 0 spiro atoms. The van der Waals surface area contributed by atoms with Crippen molar-refractivity contribution in [3.63, 3.8) is 0 Å². The van der Waals surface area contributed by atoms with Gasteiger partial charge < -0.3 is 5.11 Å². The van der Waals surface area contributed by atoms with E-state index in [0.29, 0.717) is 31.5 Å². The molecule has 0 amide bonds. The Bertz CT molecular complexity index is 862. The number of hydrogen-bond donors (Lipinski definition) is 1.